The van der Waals surface area contributed by atoms with Crippen LogP contribution in [0.1, 0.15) is 36.8 Å². The Balaban J connectivity index is 1.56. The third-order valence-electron chi connectivity index (χ3n) is 4.28. The Kier molecular flexibility index (Phi) is 4.08. The van der Waals surface area contributed by atoms with Crippen molar-refractivity contribution >= 4 is 0 Å². The highest BCUT2D eigenvalue weighted by Crippen LogP contribution is 2.32. The van der Waals surface area contributed by atoms with E-state index in [0.717, 1.165) is 31.4 Å². The van der Waals surface area contributed by atoms with Gasteiger partial charge in [-0.15, -0.1) is 0 Å². The van der Waals surface area contributed by atoms with E-state index in [2.05, 4.69) is 20.2 Å². The molecule has 7 heteroatoms. The topological polar surface area (TPSA) is 68.2 Å². The molecule has 6 nitrogen and oxygen atoms in total. The molecule has 1 saturated heterocycles. The number of aromatic nitrogens is 3. The molecule has 1 atom stereocenters. The third-order valence-corrected chi connectivity index (χ3v) is 4.28. The van der Waals surface area contributed by atoms with Crippen LogP contribution in [0, 0.1) is 5.82 Å². The van der Waals surface area contributed by atoms with Crippen LogP contribution in [0.2, 0.25) is 0 Å². The molecule has 1 aliphatic rings. The van der Waals surface area contributed by atoms with E-state index >= 15 is 0 Å². The van der Waals surface area contributed by atoms with E-state index in [1.54, 1.807) is 18.2 Å². The van der Waals surface area contributed by atoms with Crippen molar-refractivity contribution < 1.29 is 13.4 Å². The SMILES string of the molecule is Fc1cccc(CN2CCCCC2c2nc(-c3ccon3)no2)c1. The largest absolute Gasteiger partial charge is 0.364 e. The van der Waals surface area contributed by atoms with Gasteiger partial charge in [-0.1, -0.05) is 28.9 Å². The second kappa shape index (κ2) is 6.52. The second-order valence-electron chi connectivity index (χ2n) is 5.95. The fraction of sp³-hybridized carbons (Fsp3) is 0.353. The number of rotatable bonds is 4. The van der Waals surface area contributed by atoms with Crippen LogP contribution in [0.25, 0.3) is 11.5 Å². The quantitative estimate of drug-likeness (QED) is 0.729. The standard InChI is InChI=1S/C17H17FN4O2/c18-13-5-3-4-12(10-13)11-22-8-2-1-6-15(22)17-19-16(21-24-17)14-7-9-23-20-14/h3-5,7,9-10,15H,1-2,6,8,11H2. The van der Waals surface area contributed by atoms with Crippen LogP contribution in [0.5, 0.6) is 0 Å². The molecule has 1 aromatic carbocycles. The molecule has 0 amide bonds. The zero-order valence-electron chi connectivity index (χ0n) is 13.1. The van der Waals surface area contributed by atoms with Gasteiger partial charge in [-0.2, -0.15) is 4.98 Å². The van der Waals surface area contributed by atoms with Crippen LogP contribution in [0.15, 0.2) is 45.6 Å². The molecule has 0 spiro atoms. The predicted molar refractivity (Wildman–Crippen MR) is 83.2 cm³/mol. The number of hydrogen-bond donors (Lipinski definition) is 0. The summed E-state index contributed by atoms with van der Waals surface area (Å²) in [5.74, 6) is 0.784. The molecule has 1 aliphatic heterocycles. The van der Waals surface area contributed by atoms with Crippen molar-refractivity contribution in [2.45, 2.75) is 31.8 Å². The number of nitrogens with zero attached hydrogens (tertiary/aromatic N) is 4. The zero-order chi connectivity index (χ0) is 16.4. The van der Waals surface area contributed by atoms with Gasteiger partial charge in [0.2, 0.25) is 11.7 Å². The maximum absolute atomic E-state index is 13.4. The minimum atomic E-state index is -0.216. The average molecular weight is 328 g/mol. The van der Waals surface area contributed by atoms with Crippen LogP contribution < -0.4 is 0 Å². The lowest BCUT2D eigenvalue weighted by Gasteiger charge is -2.33. The first kappa shape index (κ1) is 15.0. The highest BCUT2D eigenvalue weighted by Gasteiger charge is 2.29. The van der Waals surface area contributed by atoms with Crippen molar-refractivity contribution in [1.29, 1.82) is 0 Å². The minimum Gasteiger partial charge on any atom is -0.364 e. The van der Waals surface area contributed by atoms with Crippen molar-refractivity contribution in [1.82, 2.24) is 20.2 Å². The number of benzene rings is 1. The van der Waals surface area contributed by atoms with Gasteiger partial charge in [-0.3, -0.25) is 4.90 Å². The van der Waals surface area contributed by atoms with Crippen LogP contribution in [-0.4, -0.2) is 26.7 Å². The molecular formula is C17H17FN4O2. The Hall–Kier alpha value is -2.54. The van der Waals surface area contributed by atoms with Gasteiger partial charge < -0.3 is 9.05 Å². The predicted octanol–water partition coefficient (Wildman–Crippen LogP) is 3.59. The molecule has 0 bridgehead atoms. The molecule has 0 radical (unpaired) electrons. The second-order valence-corrected chi connectivity index (χ2v) is 5.95. The summed E-state index contributed by atoms with van der Waals surface area (Å²) in [4.78, 5) is 6.73. The third kappa shape index (κ3) is 3.07. The minimum absolute atomic E-state index is 0.0372. The zero-order valence-corrected chi connectivity index (χ0v) is 13.1. The van der Waals surface area contributed by atoms with Crippen LogP contribution in [0.4, 0.5) is 4.39 Å². The molecule has 1 fully saturated rings. The molecule has 4 rings (SSSR count). The molecule has 3 aromatic rings. The summed E-state index contributed by atoms with van der Waals surface area (Å²) in [6.45, 7) is 1.58. The van der Waals surface area contributed by atoms with Crippen molar-refractivity contribution in [2.75, 3.05) is 6.54 Å². The summed E-state index contributed by atoms with van der Waals surface area (Å²) in [7, 11) is 0. The van der Waals surface area contributed by atoms with E-state index in [1.807, 2.05) is 6.07 Å². The monoisotopic (exact) mass is 328 g/mol. The summed E-state index contributed by atoms with van der Waals surface area (Å²) < 4.78 is 23.7. The Bertz CT molecular complexity index is 803. The van der Waals surface area contributed by atoms with E-state index in [-0.39, 0.29) is 11.9 Å². The first-order chi connectivity index (χ1) is 11.8. The lowest BCUT2D eigenvalue weighted by Crippen LogP contribution is -2.33. The smallest absolute Gasteiger partial charge is 0.244 e. The van der Waals surface area contributed by atoms with E-state index < -0.39 is 0 Å². The molecule has 24 heavy (non-hydrogen) atoms. The maximum atomic E-state index is 13.4. The molecule has 2 aromatic heterocycles. The molecule has 3 heterocycles. The molecule has 0 N–H and O–H groups in total. The van der Waals surface area contributed by atoms with Gasteiger partial charge in [0, 0.05) is 12.6 Å². The summed E-state index contributed by atoms with van der Waals surface area (Å²) in [6.07, 6.45) is 4.63. The van der Waals surface area contributed by atoms with Crippen LogP contribution >= 0.6 is 0 Å². The maximum Gasteiger partial charge on any atom is 0.244 e. The molecule has 1 unspecified atom stereocenters. The average Bonchev–Trinajstić information content (AvgIpc) is 3.27. The molecule has 0 saturated carbocycles. The Morgan fingerprint density at radius 1 is 1.21 bits per heavy atom. The molecule has 124 valence electrons. The number of hydrogen-bond acceptors (Lipinski definition) is 6. The normalized spacial score (nSPS) is 18.8. The summed E-state index contributed by atoms with van der Waals surface area (Å²) >= 11 is 0. The van der Waals surface area contributed by atoms with Crippen molar-refractivity contribution in [3.8, 4) is 11.5 Å². The Morgan fingerprint density at radius 2 is 2.17 bits per heavy atom. The van der Waals surface area contributed by atoms with Gasteiger partial charge in [0.05, 0.1) is 6.04 Å². The van der Waals surface area contributed by atoms with E-state index in [1.165, 1.54) is 12.3 Å². The van der Waals surface area contributed by atoms with E-state index in [9.17, 15) is 4.39 Å². The van der Waals surface area contributed by atoms with Gasteiger partial charge in [0.15, 0.2) is 5.69 Å². The Morgan fingerprint density at radius 3 is 3.00 bits per heavy atom. The van der Waals surface area contributed by atoms with Gasteiger partial charge in [0.1, 0.15) is 12.1 Å². The van der Waals surface area contributed by atoms with Gasteiger partial charge in [0.25, 0.3) is 0 Å². The summed E-state index contributed by atoms with van der Waals surface area (Å²) in [5.41, 5.74) is 1.50. The molecular weight excluding hydrogens is 311 g/mol. The fourth-order valence-electron chi connectivity index (χ4n) is 3.13. The molecule has 0 aliphatic carbocycles. The first-order valence-corrected chi connectivity index (χ1v) is 8.02. The van der Waals surface area contributed by atoms with E-state index in [4.69, 9.17) is 9.05 Å². The number of piperidine rings is 1. The lowest BCUT2D eigenvalue weighted by atomic mass is 10.0. The van der Waals surface area contributed by atoms with Crippen molar-refractivity contribution in [3.05, 3.63) is 53.9 Å². The highest BCUT2D eigenvalue weighted by molar-refractivity contribution is 5.45. The Labute approximate surface area is 138 Å². The lowest BCUT2D eigenvalue weighted by molar-refractivity contribution is 0.111. The first-order valence-electron chi connectivity index (χ1n) is 8.02. The fourth-order valence-corrected chi connectivity index (χ4v) is 3.13. The van der Waals surface area contributed by atoms with Crippen molar-refractivity contribution in [3.63, 3.8) is 0 Å². The summed E-state index contributed by atoms with van der Waals surface area (Å²) in [6, 6.07) is 8.43. The van der Waals surface area contributed by atoms with Gasteiger partial charge in [-0.05, 0) is 37.1 Å². The van der Waals surface area contributed by atoms with Crippen LogP contribution in [0.3, 0.4) is 0 Å². The summed E-state index contributed by atoms with van der Waals surface area (Å²) in [5, 5.41) is 7.82. The van der Waals surface area contributed by atoms with Gasteiger partial charge in [-0.25, -0.2) is 4.39 Å². The van der Waals surface area contributed by atoms with E-state index in [0.29, 0.717) is 24.0 Å². The van der Waals surface area contributed by atoms with Gasteiger partial charge >= 0.3 is 0 Å². The van der Waals surface area contributed by atoms with Crippen LogP contribution in [-0.2, 0) is 6.54 Å². The number of likely N-dealkylation sites (tertiary alicyclic amines) is 1. The highest BCUT2D eigenvalue weighted by atomic mass is 19.1. The van der Waals surface area contributed by atoms with Crippen molar-refractivity contribution in [2.24, 2.45) is 0 Å². The number of halogens is 1.